The van der Waals surface area contributed by atoms with Gasteiger partial charge in [-0.15, -0.1) is 0 Å². The highest BCUT2D eigenvalue weighted by atomic mass is 32.2. The first-order valence-electron chi connectivity index (χ1n) is 4.02. The van der Waals surface area contributed by atoms with Crippen molar-refractivity contribution in [1.29, 1.82) is 0 Å². The van der Waals surface area contributed by atoms with Crippen LogP contribution in [0.4, 0.5) is 0 Å². The molecule has 0 bridgehead atoms. The highest BCUT2D eigenvalue weighted by Crippen LogP contribution is 2.12. The predicted molar refractivity (Wildman–Crippen MR) is 49.0 cm³/mol. The minimum Gasteiger partial charge on any atom is -0.481 e. The molecule has 1 N–H and O–H groups in total. The fraction of sp³-hybridized carbons (Fsp3) is 0.875. The number of aliphatic carboxylic acids is 1. The molecule has 0 aromatic rings. The van der Waals surface area contributed by atoms with Crippen molar-refractivity contribution in [2.24, 2.45) is 5.92 Å². The van der Waals surface area contributed by atoms with Crippen molar-refractivity contribution in [2.45, 2.75) is 26.7 Å². The van der Waals surface area contributed by atoms with Gasteiger partial charge in [0.2, 0.25) is 0 Å². The van der Waals surface area contributed by atoms with E-state index in [4.69, 9.17) is 5.11 Å². The maximum atomic E-state index is 10.5. The number of hydrogen-bond acceptors (Lipinski definition) is 2. The maximum Gasteiger partial charge on any atom is 0.306 e. The molecular weight excluding hydrogens is 160 g/mol. The smallest absolute Gasteiger partial charge is 0.306 e. The molecule has 11 heavy (non-hydrogen) atoms. The number of carboxylic acid groups (broad SMARTS) is 1. The number of hydrogen-bond donors (Lipinski definition) is 1. The van der Waals surface area contributed by atoms with E-state index < -0.39 is 5.97 Å². The molecule has 0 radical (unpaired) electrons. The van der Waals surface area contributed by atoms with Crippen molar-refractivity contribution in [3.63, 3.8) is 0 Å². The second kappa shape index (κ2) is 6.53. The lowest BCUT2D eigenvalue weighted by atomic mass is 10.0. The Balaban J connectivity index is 3.44. The quantitative estimate of drug-likeness (QED) is 0.631. The highest BCUT2D eigenvalue weighted by molar-refractivity contribution is 7.99. The summed E-state index contributed by atoms with van der Waals surface area (Å²) in [6.07, 6.45) is 1.56. The Kier molecular flexibility index (Phi) is 6.42. The van der Waals surface area contributed by atoms with Crippen LogP contribution in [0, 0.1) is 5.92 Å². The molecular formula is C8H16O2S. The zero-order chi connectivity index (χ0) is 8.69. The van der Waals surface area contributed by atoms with Gasteiger partial charge in [0.1, 0.15) is 0 Å². The standard InChI is InChI=1S/C8H16O2S/c1-3-7(8(9)10)5-6-11-4-2/h7H,3-6H2,1-2H3,(H,9,10). The third kappa shape index (κ3) is 5.13. The minimum atomic E-state index is -0.649. The van der Waals surface area contributed by atoms with Gasteiger partial charge in [0.15, 0.2) is 0 Å². The Labute approximate surface area is 72.4 Å². The Morgan fingerprint density at radius 1 is 1.55 bits per heavy atom. The van der Waals surface area contributed by atoms with Crippen LogP contribution in [0.25, 0.3) is 0 Å². The van der Waals surface area contributed by atoms with Crippen LogP contribution in [-0.2, 0) is 4.79 Å². The van der Waals surface area contributed by atoms with Gasteiger partial charge in [-0.2, -0.15) is 11.8 Å². The molecule has 1 atom stereocenters. The van der Waals surface area contributed by atoms with Crippen molar-refractivity contribution in [1.82, 2.24) is 0 Å². The van der Waals surface area contributed by atoms with Crippen LogP contribution in [-0.4, -0.2) is 22.6 Å². The number of rotatable bonds is 6. The molecule has 3 heteroatoms. The van der Waals surface area contributed by atoms with Gasteiger partial charge < -0.3 is 5.11 Å². The first kappa shape index (κ1) is 10.8. The average Bonchev–Trinajstić information content (AvgIpc) is 1.97. The minimum absolute atomic E-state index is 0.131. The summed E-state index contributed by atoms with van der Waals surface area (Å²) in [5.74, 6) is 1.27. The Morgan fingerprint density at radius 3 is 2.55 bits per heavy atom. The van der Waals surface area contributed by atoms with E-state index in [1.165, 1.54) is 0 Å². The Bertz CT molecular complexity index is 115. The molecule has 0 aromatic carbocycles. The summed E-state index contributed by atoms with van der Waals surface area (Å²) in [7, 11) is 0. The Morgan fingerprint density at radius 2 is 2.18 bits per heavy atom. The molecule has 1 unspecified atom stereocenters. The van der Waals surface area contributed by atoms with E-state index >= 15 is 0 Å². The lowest BCUT2D eigenvalue weighted by Crippen LogP contribution is -2.13. The molecule has 0 amide bonds. The van der Waals surface area contributed by atoms with E-state index in [1.54, 1.807) is 11.8 Å². The molecule has 0 fully saturated rings. The topological polar surface area (TPSA) is 37.3 Å². The second-order valence-corrected chi connectivity index (χ2v) is 3.82. The van der Waals surface area contributed by atoms with Crippen molar-refractivity contribution >= 4 is 17.7 Å². The molecule has 0 saturated carbocycles. The van der Waals surface area contributed by atoms with Gasteiger partial charge in [0.25, 0.3) is 0 Å². The lowest BCUT2D eigenvalue weighted by molar-refractivity contribution is -0.141. The summed E-state index contributed by atoms with van der Waals surface area (Å²) in [5, 5.41) is 8.66. The van der Waals surface area contributed by atoms with Crippen LogP contribution in [0.3, 0.4) is 0 Å². The van der Waals surface area contributed by atoms with E-state index in [9.17, 15) is 4.79 Å². The molecule has 0 aliphatic carbocycles. The SMILES string of the molecule is CCSCCC(CC)C(=O)O. The molecule has 0 spiro atoms. The normalized spacial score (nSPS) is 12.9. The van der Waals surface area contributed by atoms with E-state index in [1.807, 2.05) is 6.92 Å². The molecule has 0 aliphatic rings. The second-order valence-electron chi connectivity index (χ2n) is 2.43. The largest absolute Gasteiger partial charge is 0.481 e. The fourth-order valence-electron chi connectivity index (χ4n) is 0.872. The monoisotopic (exact) mass is 176 g/mol. The van der Waals surface area contributed by atoms with Gasteiger partial charge in [-0.05, 0) is 24.3 Å². The molecule has 0 rings (SSSR count). The van der Waals surface area contributed by atoms with Crippen LogP contribution in [0.15, 0.2) is 0 Å². The number of thioether (sulfide) groups is 1. The predicted octanol–water partition coefficient (Wildman–Crippen LogP) is 2.24. The first-order chi connectivity index (χ1) is 5.22. The van der Waals surface area contributed by atoms with Crippen LogP contribution in [0.1, 0.15) is 26.7 Å². The van der Waals surface area contributed by atoms with Gasteiger partial charge in [0, 0.05) is 0 Å². The van der Waals surface area contributed by atoms with Crippen molar-refractivity contribution in [2.75, 3.05) is 11.5 Å². The van der Waals surface area contributed by atoms with E-state index in [0.717, 1.165) is 24.3 Å². The average molecular weight is 176 g/mol. The molecule has 0 heterocycles. The van der Waals surface area contributed by atoms with Gasteiger partial charge >= 0.3 is 5.97 Å². The van der Waals surface area contributed by atoms with Gasteiger partial charge in [-0.25, -0.2) is 0 Å². The van der Waals surface area contributed by atoms with E-state index in [0.29, 0.717) is 0 Å². The summed E-state index contributed by atoms with van der Waals surface area (Å²) in [4.78, 5) is 10.5. The summed E-state index contributed by atoms with van der Waals surface area (Å²) >= 11 is 1.81. The fourth-order valence-corrected chi connectivity index (χ4v) is 1.61. The Hall–Kier alpha value is -0.180. The van der Waals surface area contributed by atoms with Crippen molar-refractivity contribution in [3.05, 3.63) is 0 Å². The van der Waals surface area contributed by atoms with E-state index in [2.05, 4.69) is 6.92 Å². The number of carboxylic acids is 1. The van der Waals surface area contributed by atoms with Crippen LogP contribution in [0.2, 0.25) is 0 Å². The molecule has 2 nitrogen and oxygen atoms in total. The summed E-state index contributed by atoms with van der Waals surface area (Å²) in [6, 6.07) is 0. The third-order valence-electron chi connectivity index (χ3n) is 1.66. The lowest BCUT2D eigenvalue weighted by Gasteiger charge is -2.07. The third-order valence-corrected chi connectivity index (χ3v) is 2.59. The summed E-state index contributed by atoms with van der Waals surface area (Å²) in [5.41, 5.74) is 0. The highest BCUT2D eigenvalue weighted by Gasteiger charge is 2.13. The van der Waals surface area contributed by atoms with Crippen LogP contribution in [0.5, 0.6) is 0 Å². The van der Waals surface area contributed by atoms with Gasteiger partial charge in [-0.1, -0.05) is 13.8 Å². The zero-order valence-electron chi connectivity index (χ0n) is 7.17. The first-order valence-corrected chi connectivity index (χ1v) is 5.18. The van der Waals surface area contributed by atoms with Crippen LogP contribution < -0.4 is 0 Å². The van der Waals surface area contributed by atoms with Crippen molar-refractivity contribution < 1.29 is 9.90 Å². The van der Waals surface area contributed by atoms with E-state index in [-0.39, 0.29) is 5.92 Å². The zero-order valence-corrected chi connectivity index (χ0v) is 7.99. The summed E-state index contributed by atoms with van der Waals surface area (Å²) < 4.78 is 0. The van der Waals surface area contributed by atoms with Crippen molar-refractivity contribution in [3.8, 4) is 0 Å². The molecule has 0 aliphatic heterocycles. The molecule has 0 saturated heterocycles. The van der Waals surface area contributed by atoms with Gasteiger partial charge in [0.05, 0.1) is 5.92 Å². The molecule has 66 valence electrons. The molecule has 0 aromatic heterocycles. The summed E-state index contributed by atoms with van der Waals surface area (Å²) in [6.45, 7) is 4.02. The maximum absolute atomic E-state index is 10.5. The van der Waals surface area contributed by atoms with Crippen LogP contribution >= 0.6 is 11.8 Å². The van der Waals surface area contributed by atoms with Gasteiger partial charge in [-0.3, -0.25) is 4.79 Å². The number of carbonyl (C=O) groups is 1.